The SMILES string of the molecule is CC(NC(C)C(C)C)c1cc(F)ccc1O. The van der Waals surface area contributed by atoms with Gasteiger partial charge in [-0.3, -0.25) is 0 Å². The Balaban J connectivity index is 2.80. The molecule has 2 atom stereocenters. The van der Waals surface area contributed by atoms with Crippen LogP contribution in [0.1, 0.15) is 39.3 Å². The third-order valence-corrected chi connectivity index (χ3v) is 2.97. The van der Waals surface area contributed by atoms with E-state index in [9.17, 15) is 9.50 Å². The number of benzene rings is 1. The monoisotopic (exact) mass is 225 g/mol. The zero-order valence-corrected chi connectivity index (χ0v) is 10.3. The van der Waals surface area contributed by atoms with Crippen LogP contribution in [0.4, 0.5) is 4.39 Å². The zero-order valence-electron chi connectivity index (χ0n) is 10.3. The van der Waals surface area contributed by atoms with Gasteiger partial charge in [-0.2, -0.15) is 0 Å². The Morgan fingerprint density at radius 2 is 1.81 bits per heavy atom. The van der Waals surface area contributed by atoms with E-state index >= 15 is 0 Å². The molecular formula is C13H20FNO. The molecule has 2 N–H and O–H groups in total. The summed E-state index contributed by atoms with van der Waals surface area (Å²) in [4.78, 5) is 0. The van der Waals surface area contributed by atoms with Crippen LogP contribution in [0.15, 0.2) is 18.2 Å². The number of rotatable bonds is 4. The number of halogens is 1. The van der Waals surface area contributed by atoms with Crippen LogP contribution in [0.25, 0.3) is 0 Å². The fraction of sp³-hybridized carbons (Fsp3) is 0.538. The molecule has 2 unspecified atom stereocenters. The number of nitrogens with one attached hydrogen (secondary N) is 1. The molecule has 0 fully saturated rings. The van der Waals surface area contributed by atoms with Crippen LogP contribution in [-0.4, -0.2) is 11.1 Å². The lowest BCUT2D eigenvalue weighted by Crippen LogP contribution is -2.33. The van der Waals surface area contributed by atoms with E-state index in [1.54, 1.807) is 0 Å². The van der Waals surface area contributed by atoms with E-state index in [0.29, 0.717) is 17.5 Å². The van der Waals surface area contributed by atoms with E-state index in [-0.39, 0.29) is 17.6 Å². The molecule has 3 heteroatoms. The molecule has 0 aromatic heterocycles. The van der Waals surface area contributed by atoms with Gasteiger partial charge in [-0.05, 0) is 38.0 Å². The molecule has 2 nitrogen and oxygen atoms in total. The zero-order chi connectivity index (χ0) is 12.3. The van der Waals surface area contributed by atoms with Gasteiger partial charge in [0.15, 0.2) is 0 Å². The van der Waals surface area contributed by atoms with Gasteiger partial charge in [0.1, 0.15) is 11.6 Å². The number of phenols is 1. The summed E-state index contributed by atoms with van der Waals surface area (Å²) in [5, 5.41) is 13.0. The Bertz CT molecular complexity index is 352. The first kappa shape index (κ1) is 13.0. The predicted molar refractivity (Wildman–Crippen MR) is 63.9 cm³/mol. The fourth-order valence-electron chi connectivity index (χ4n) is 1.55. The summed E-state index contributed by atoms with van der Waals surface area (Å²) in [5.74, 6) is 0.314. The molecule has 0 spiro atoms. The Morgan fingerprint density at radius 3 is 2.38 bits per heavy atom. The second-order valence-electron chi connectivity index (χ2n) is 4.62. The molecule has 1 aromatic rings. The maximum Gasteiger partial charge on any atom is 0.123 e. The first-order valence-corrected chi connectivity index (χ1v) is 5.66. The largest absolute Gasteiger partial charge is 0.508 e. The van der Waals surface area contributed by atoms with E-state index in [2.05, 4.69) is 26.1 Å². The van der Waals surface area contributed by atoms with Gasteiger partial charge in [0, 0.05) is 17.6 Å². The summed E-state index contributed by atoms with van der Waals surface area (Å²) in [6.07, 6.45) is 0. The van der Waals surface area contributed by atoms with E-state index in [1.165, 1.54) is 18.2 Å². The van der Waals surface area contributed by atoms with Gasteiger partial charge in [0.25, 0.3) is 0 Å². The van der Waals surface area contributed by atoms with Crippen molar-refractivity contribution in [3.05, 3.63) is 29.6 Å². The summed E-state index contributed by atoms with van der Waals surface area (Å²) in [6, 6.07) is 4.28. The quantitative estimate of drug-likeness (QED) is 0.824. The summed E-state index contributed by atoms with van der Waals surface area (Å²) in [6.45, 7) is 8.25. The third kappa shape index (κ3) is 3.20. The highest BCUT2D eigenvalue weighted by Crippen LogP contribution is 2.25. The first-order valence-electron chi connectivity index (χ1n) is 5.66. The molecule has 0 aliphatic carbocycles. The van der Waals surface area contributed by atoms with E-state index in [1.807, 2.05) is 6.92 Å². The number of phenolic OH excluding ortho intramolecular Hbond substituents is 1. The first-order chi connectivity index (χ1) is 7.41. The summed E-state index contributed by atoms with van der Waals surface area (Å²) in [5.41, 5.74) is 0.604. The second-order valence-corrected chi connectivity index (χ2v) is 4.62. The minimum atomic E-state index is -0.321. The van der Waals surface area contributed by atoms with Crippen molar-refractivity contribution in [2.75, 3.05) is 0 Å². The van der Waals surface area contributed by atoms with Crippen molar-refractivity contribution in [2.45, 2.75) is 39.8 Å². The fourth-order valence-corrected chi connectivity index (χ4v) is 1.55. The molecule has 0 heterocycles. The number of hydrogen-bond donors (Lipinski definition) is 2. The topological polar surface area (TPSA) is 32.3 Å². The van der Waals surface area contributed by atoms with Gasteiger partial charge in [-0.1, -0.05) is 13.8 Å². The predicted octanol–water partition coefficient (Wildman–Crippen LogP) is 3.23. The van der Waals surface area contributed by atoms with Crippen LogP contribution < -0.4 is 5.32 Å². The smallest absolute Gasteiger partial charge is 0.123 e. The number of aromatic hydroxyl groups is 1. The lowest BCUT2D eigenvalue weighted by molar-refractivity contribution is 0.377. The third-order valence-electron chi connectivity index (χ3n) is 2.97. The molecule has 16 heavy (non-hydrogen) atoms. The average Bonchev–Trinajstić information content (AvgIpc) is 2.21. The van der Waals surface area contributed by atoms with Crippen LogP contribution in [0.5, 0.6) is 5.75 Å². The molecule has 0 bridgehead atoms. The van der Waals surface area contributed by atoms with Crippen LogP contribution >= 0.6 is 0 Å². The van der Waals surface area contributed by atoms with Crippen LogP contribution in [0, 0.1) is 11.7 Å². The average molecular weight is 225 g/mol. The summed E-state index contributed by atoms with van der Waals surface area (Å²) in [7, 11) is 0. The normalized spacial score (nSPS) is 15.1. The molecule has 0 saturated heterocycles. The van der Waals surface area contributed by atoms with E-state index in [0.717, 1.165) is 0 Å². The van der Waals surface area contributed by atoms with Gasteiger partial charge in [-0.25, -0.2) is 4.39 Å². The molecule has 0 aliphatic rings. The van der Waals surface area contributed by atoms with Gasteiger partial charge in [0.2, 0.25) is 0 Å². The Hall–Kier alpha value is -1.09. The van der Waals surface area contributed by atoms with E-state index in [4.69, 9.17) is 0 Å². The van der Waals surface area contributed by atoms with Crippen LogP contribution in [0.2, 0.25) is 0 Å². The molecule has 0 saturated carbocycles. The van der Waals surface area contributed by atoms with Crippen molar-refractivity contribution in [3.63, 3.8) is 0 Å². The van der Waals surface area contributed by atoms with Gasteiger partial charge in [0.05, 0.1) is 0 Å². The standard InChI is InChI=1S/C13H20FNO/c1-8(2)9(3)15-10(4)12-7-11(14)5-6-13(12)16/h5-10,15-16H,1-4H3. The number of hydrogen-bond acceptors (Lipinski definition) is 2. The Kier molecular flexibility index (Phi) is 4.30. The highest BCUT2D eigenvalue weighted by Gasteiger charge is 2.15. The minimum Gasteiger partial charge on any atom is -0.508 e. The van der Waals surface area contributed by atoms with Crippen molar-refractivity contribution in [2.24, 2.45) is 5.92 Å². The molecule has 0 radical (unpaired) electrons. The summed E-state index contributed by atoms with van der Waals surface area (Å²) >= 11 is 0. The van der Waals surface area contributed by atoms with Crippen LogP contribution in [-0.2, 0) is 0 Å². The maximum absolute atomic E-state index is 13.1. The van der Waals surface area contributed by atoms with Crippen molar-refractivity contribution in [1.29, 1.82) is 0 Å². The highest BCUT2D eigenvalue weighted by molar-refractivity contribution is 5.34. The Labute approximate surface area is 96.5 Å². The highest BCUT2D eigenvalue weighted by atomic mass is 19.1. The van der Waals surface area contributed by atoms with Crippen molar-refractivity contribution >= 4 is 0 Å². The van der Waals surface area contributed by atoms with Crippen LogP contribution in [0.3, 0.4) is 0 Å². The molecule has 1 rings (SSSR count). The lowest BCUT2D eigenvalue weighted by Gasteiger charge is -2.23. The molecule has 0 aliphatic heterocycles. The maximum atomic E-state index is 13.1. The molecule has 0 amide bonds. The van der Waals surface area contributed by atoms with Crippen molar-refractivity contribution in [3.8, 4) is 5.75 Å². The Morgan fingerprint density at radius 1 is 1.19 bits per heavy atom. The minimum absolute atomic E-state index is 0.0619. The van der Waals surface area contributed by atoms with Gasteiger partial charge < -0.3 is 10.4 Å². The summed E-state index contributed by atoms with van der Waals surface area (Å²) < 4.78 is 13.1. The van der Waals surface area contributed by atoms with E-state index < -0.39 is 0 Å². The second kappa shape index (κ2) is 5.30. The lowest BCUT2D eigenvalue weighted by atomic mass is 10.0. The molecule has 1 aromatic carbocycles. The van der Waals surface area contributed by atoms with Crippen molar-refractivity contribution < 1.29 is 9.50 Å². The van der Waals surface area contributed by atoms with Crippen molar-refractivity contribution in [1.82, 2.24) is 5.32 Å². The van der Waals surface area contributed by atoms with Gasteiger partial charge in [-0.15, -0.1) is 0 Å². The molecule has 90 valence electrons. The van der Waals surface area contributed by atoms with Gasteiger partial charge >= 0.3 is 0 Å². The molecular weight excluding hydrogens is 205 g/mol.